The molecular formula is C17H30N2O. The van der Waals surface area contributed by atoms with Gasteiger partial charge in [0.05, 0.1) is 5.92 Å². The molecule has 1 amide bonds. The van der Waals surface area contributed by atoms with Crippen LogP contribution < -0.4 is 5.73 Å². The van der Waals surface area contributed by atoms with Gasteiger partial charge < -0.3 is 10.6 Å². The Kier molecular flexibility index (Phi) is 4.34. The van der Waals surface area contributed by atoms with Crippen molar-refractivity contribution < 1.29 is 4.79 Å². The van der Waals surface area contributed by atoms with Crippen molar-refractivity contribution in [1.29, 1.82) is 0 Å². The molecule has 0 bridgehead atoms. The van der Waals surface area contributed by atoms with Gasteiger partial charge in [0.2, 0.25) is 5.91 Å². The maximum atomic E-state index is 13.0. The van der Waals surface area contributed by atoms with Crippen molar-refractivity contribution in [2.24, 2.45) is 23.5 Å². The molecule has 3 aliphatic rings. The van der Waals surface area contributed by atoms with Crippen LogP contribution in [0.1, 0.15) is 64.7 Å². The molecule has 4 atom stereocenters. The van der Waals surface area contributed by atoms with Gasteiger partial charge in [-0.2, -0.15) is 0 Å². The van der Waals surface area contributed by atoms with Gasteiger partial charge in [0.25, 0.3) is 0 Å². The number of hydrogen-bond acceptors (Lipinski definition) is 2. The van der Waals surface area contributed by atoms with Crippen LogP contribution in [0.5, 0.6) is 0 Å². The summed E-state index contributed by atoms with van der Waals surface area (Å²) < 4.78 is 0. The summed E-state index contributed by atoms with van der Waals surface area (Å²) in [5.74, 6) is 1.72. The molecule has 3 heteroatoms. The highest BCUT2D eigenvalue weighted by Crippen LogP contribution is 2.38. The van der Waals surface area contributed by atoms with Crippen molar-refractivity contribution in [1.82, 2.24) is 4.90 Å². The maximum Gasteiger partial charge on any atom is 0.227 e. The zero-order valence-corrected chi connectivity index (χ0v) is 12.9. The summed E-state index contributed by atoms with van der Waals surface area (Å²) >= 11 is 0. The smallest absolute Gasteiger partial charge is 0.227 e. The van der Waals surface area contributed by atoms with E-state index in [9.17, 15) is 4.79 Å². The van der Waals surface area contributed by atoms with Gasteiger partial charge in [-0.25, -0.2) is 0 Å². The number of nitrogens with two attached hydrogens (primary N) is 1. The van der Waals surface area contributed by atoms with Crippen molar-refractivity contribution in [2.45, 2.75) is 76.8 Å². The summed E-state index contributed by atoms with van der Waals surface area (Å²) in [7, 11) is 0. The molecule has 1 saturated heterocycles. The highest BCUT2D eigenvalue weighted by atomic mass is 16.2. The molecule has 2 aliphatic carbocycles. The number of likely N-dealkylation sites (tertiary alicyclic amines) is 1. The number of hydrogen-bond donors (Lipinski definition) is 1. The minimum absolute atomic E-state index is 0.0887. The first kappa shape index (κ1) is 14.4. The van der Waals surface area contributed by atoms with E-state index in [0.29, 0.717) is 17.9 Å². The highest BCUT2D eigenvalue weighted by molar-refractivity contribution is 5.80. The summed E-state index contributed by atoms with van der Waals surface area (Å²) in [4.78, 5) is 15.3. The monoisotopic (exact) mass is 278 g/mol. The zero-order chi connectivity index (χ0) is 14.1. The van der Waals surface area contributed by atoms with Gasteiger partial charge in [-0.05, 0) is 50.4 Å². The van der Waals surface area contributed by atoms with Gasteiger partial charge in [-0.15, -0.1) is 0 Å². The molecule has 1 heterocycles. The summed E-state index contributed by atoms with van der Waals surface area (Å²) in [5.41, 5.74) is 6.29. The first-order valence-corrected chi connectivity index (χ1v) is 8.74. The molecule has 0 aromatic heterocycles. The molecule has 4 unspecified atom stereocenters. The molecule has 2 saturated carbocycles. The number of carbonyl (C=O) groups excluding carboxylic acids is 1. The van der Waals surface area contributed by atoms with E-state index in [2.05, 4.69) is 11.8 Å². The maximum absolute atomic E-state index is 13.0. The minimum atomic E-state index is 0.0887. The first-order chi connectivity index (χ1) is 9.68. The van der Waals surface area contributed by atoms with Crippen LogP contribution in [-0.4, -0.2) is 29.4 Å². The van der Waals surface area contributed by atoms with Crippen molar-refractivity contribution in [3.63, 3.8) is 0 Å². The average Bonchev–Trinajstić information content (AvgIpc) is 3.09. The Bertz CT molecular complexity index is 341. The third kappa shape index (κ3) is 2.61. The molecule has 0 radical (unpaired) electrons. The summed E-state index contributed by atoms with van der Waals surface area (Å²) in [6.07, 6.45) is 11.2. The van der Waals surface area contributed by atoms with Gasteiger partial charge >= 0.3 is 0 Å². The SMILES string of the molecule is CC1CCCC(N)C1C(=O)N1CCCC1C1CCCC1. The molecular weight excluding hydrogens is 248 g/mol. The first-order valence-electron chi connectivity index (χ1n) is 8.74. The van der Waals surface area contributed by atoms with Crippen molar-refractivity contribution in [2.75, 3.05) is 6.54 Å². The van der Waals surface area contributed by atoms with Gasteiger partial charge in [-0.3, -0.25) is 4.79 Å². The average molecular weight is 278 g/mol. The summed E-state index contributed by atoms with van der Waals surface area (Å²) in [6, 6.07) is 0.627. The Morgan fingerprint density at radius 3 is 2.45 bits per heavy atom. The van der Waals surface area contributed by atoms with Crippen LogP contribution in [-0.2, 0) is 4.79 Å². The van der Waals surface area contributed by atoms with Gasteiger partial charge in [0.15, 0.2) is 0 Å². The van der Waals surface area contributed by atoms with Crippen LogP contribution in [0, 0.1) is 17.8 Å². The third-order valence-electron chi connectivity index (χ3n) is 6.08. The fourth-order valence-electron chi connectivity index (χ4n) is 4.97. The van der Waals surface area contributed by atoms with Crippen LogP contribution in [0.15, 0.2) is 0 Å². The van der Waals surface area contributed by atoms with E-state index in [1.54, 1.807) is 0 Å². The third-order valence-corrected chi connectivity index (χ3v) is 6.08. The van der Waals surface area contributed by atoms with Crippen LogP contribution in [0.4, 0.5) is 0 Å². The molecule has 1 aliphatic heterocycles. The molecule has 3 fully saturated rings. The Balaban J connectivity index is 1.71. The lowest BCUT2D eigenvalue weighted by molar-refractivity contribution is -0.140. The zero-order valence-electron chi connectivity index (χ0n) is 12.9. The number of carbonyl (C=O) groups is 1. The molecule has 20 heavy (non-hydrogen) atoms. The van der Waals surface area contributed by atoms with Gasteiger partial charge in [-0.1, -0.05) is 26.2 Å². The summed E-state index contributed by atoms with van der Waals surface area (Å²) in [6.45, 7) is 3.21. The van der Waals surface area contributed by atoms with Crippen LogP contribution >= 0.6 is 0 Å². The number of rotatable bonds is 2. The predicted molar refractivity (Wildman–Crippen MR) is 81.2 cm³/mol. The lowest BCUT2D eigenvalue weighted by atomic mass is 9.76. The molecule has 0 spiro atoms. The van der Waals surface area contributed by atoms with E-state index in [0.717, 1.165) is 18.9 Å². The van der Waals surface area contributed by atoms with Gasteiger partial charge in [0, 0.05) is 18.6 Å². The molecule has 0 aromatic rings. The second-order valence-electron chi connectivity index (χ2n) is 7.38. The predicted octanol–water partition coefficient (Wildman–Crippen LogP) is 2.93. The standard InChI is InChI=1S/C17H30N2O/c1-12-6-4-9-14(18)16(12)17(20)19-11-5-10-15(19)13-7-2-3-8-13/h12-16H,2-11,18H2,1H3. The molecule has 2 N–H and O–H groups in total. The quantitative estimate of drug-likeness (QED) is 0.844. The fourth-order valence-corrected chi connectivity index (χ4v) is 4.97. The van der Waals surface area contributed by atoms with E-state index < -0.39 is 0 Å². The van der Waals surface area contributed by atoms with Crippen LogP contribution in [0.3, 0.4) is 0 Å². The van der Waals surface area contributed by atoms with Crippen molar-refractivity contribution >= 4 is 5.91 Å². The largest absolute Gasteiger partial charge is 0.339 e. The van der Waals surface area contributed by atoms with E-state index in [-0.39, 0.29) is 12.0 Å². The summed E-state index contributed by atoms with van der Waals surface area (Å²) in [5, 5.41) is 0. The highest BCUT2D eigenvalue weighted by Gasteiger charge is 2.42. The van der Waals surface area contributed by atoms with Crippen LogP contribution in [0.25, 0.3) is 0 Å². The molecule has 3 nitrogen and oxygen atoms in total. The Morgan fingerprint density at radius 2 is 1.75 bits per heavy atom. The molecule has 3 rings (SSSR count). The van der Waals surface area contributed by atoms with Crippen LogP contribution in [0.2, 0.25) is 0 Å². The second-order valence-corrected chi connectivity index (χ2v) is 7.38. The van der Waals surface area contributed by atoms with Crippen molar-refractivity contribution in [3.8, 4) is 0 Å². The minimum Gasteiger partial charge on any atom is -0.339 e. The Hall–Kier alpha value is -0.570. The van der Waals surface area contributed by atoms with E-state index in [1.165, 1.54) is 51.4 Å². The number of amides is 1. The second kappa shape index (κ2) is 6.05. The lowest BCUT2D eigenvalue weighted by Gasteiger charge is -2.39. The molecule has 0 aromatic carbocycles. The van der Waals surface area contributed by atoms with Crippen molar-refractivity contribution in [3.05, 3.63) is 0 Å². The lowest BCUT2D eigenvalue weighted by Crippen LogP contribution is -2.51. The van der Waals surface area contributed by atoms with E-state index in [1.807, 2.05) is 0 Å². The van der Waals surface area contributed by atoms with E-state index >= 15 is 0 Å². The Morgan fingerprint density at radius 1 is 1.00 bits per heavy atom. The topological polar surface area (TPSA) is 46.3 Å². The fraction of sp³-hybridized carbons (Fsp3) is 0.941. The normalized spacial score (nSPS) is 39.4. The Labute approximate surface area is 123 Å². The van der Waals surface area contributed by atoms with E-state index in [4.69, 9.17) is 5.73 Å². The number of nitrogens with zero attached hydrogens (tertiary/aromatic N) is 1. The molecule has 114 valence electrons. The van der Waals surface area contributed by atoms with Gasteiger partial charge in [0.1, 0.15) is 0 Å².